The molecule has 0 aliphatic carbocycles. The van der Waals surface area contributed by atoms with Gasteiger partial charge in [-0.25, -0.2) is 9.36 Å². The Labute approximate surface area is 220 Å². The number of nitrogens with zero attached hydrogens (tertiary/aromatic N) is 6. The van der Waals surface area contributed by atoms with Crippen molar-refractivity contribution in [3.63, 3.8) is 0 Å². The molecular weight excluding hydrogens is 576 g/mol. The fraction of sp³-hybridized carbons (Fsp3) is 0.280. The minimum Gasteiger partial charge on any atom is -0.368 e. The van der Waals surface area contributed by atoms with Gasteiger partial charge in [0.25, 0.3) is 5.91 Å². The lowest BCUT2D eigenvalue weighted by atomic mass is 10.1. The van der Waals surface area contributed by atoms with Crippen molar-refractivity contribution in [2.75, 3.05) is 19.7 Å². The van der Waals surface area contributed by atoms with Crippen LogP contribution in [-0.2, 0) is 4.74 Å². The van der Waals surface area contributed by atoms with Crippen LogP contribution in [0.25, 0.3) is 11.4 Å². The topological polar surface area (TPSA) is 78.1 Å². The molecule has 1 saturated heterocycles. The summed E-state index contributed by atoms with van der Waals surface area (Å²) in [4.78, 5) is 15.4. The Kier molecular flexibility index (Phi) is 6.61. The first-order valence-electron chi connectivity index (χ1n) is 11.2. The highest BCUT2D eigenvalue weighted by Gasteiger charge is 2.31. The molecule has 0 radical (unpaired) electrons. The average molecular weight is 600 g/mol. The van der Waals surface area contributed by atoms with Gasteiger partial charge in [-0.05, 0) is 62.7 Å². The van der Waals surface area contributed by atoms with Gasteiger partial charge in [0.05, 0.1) is 47.7 Å². The molecule has 1 aliphatic rings. The monoisotopic (exact) mass is 598 g/mol. The third-order valence-electron chi connectivity index (χ3n) is 6.26. The van der Waals surface area contributed by atoms with E-state index in [9.17, 15) is 4.79 Å². The van der Waals surface area contributed by atoms with E-state index in [4.69, 9.17) is 4.74 Å². The molecular formula is C25H24Br2N6O2. The number of rotatable bonds is 4. The van der Waals surface area contributed by atoms with E-state index >= 15 is 0 Å². The van der Waals surface area contributed by atoms with Crippen LogP contribution >= 0.6 is 31.9 Å². The molecule has 0 saturated carbocycles. The number of amides is 1. The van der Waals surface area contributed by atoms with Crippen LogP contribution in [0.15, 0.2) is 57.6 Å². The molecule has 2 aromatic carbocycles. The molecule has 8 nitrogen and oxygen atoms in total. The second kappa shape index (κ2) is 9.67. The quantitative estimate of drug-likeness (QED) is 0.325. The van der Waals surface area contributed by atoms with Crippen molar-refractivity contribution in [2.45, 2.75) is 26.9 Å². The number of ether oxygens (including phenoxy) is 1. The zero-order chi connectivity index (χ0) is 24.7. The van der Waals surface area contributed by atoms with E-state index in [1.807, 2.05) is 79.0 Å². The first kappa shape index (κ1) is 23.9. The molecule has 180 valence electrons. The van der Waals surface area contributed by atoms with Gasteiger partial charge in [-0.15, -0.1) is 5.10 Å². The number of aryl methyl sites for hydroxylation is 1. The second-order valence-electron chi connectivity index (χ2n) is 8.52. The standard InChI is InChI=1S/C25H24Br2N6O2/c1-15-20(27)5-4-6-22(15)32-13-21(28-30-32)23-14-31(11-12-35-23)25(34)24-16(2)29-33(17(24)3)19-9-7-18(26)8-10-19/h4-10,13,23H,11-12,14H2,1-3H3. The van der Waals surface area contributed by atoms with Crippen LogP contribution in [0, 0.1) is 20.8 Å². The molecule has 3 heterocycles. The Bertz CT molecular complexity index is 1400. The number of halogens is 2. The summed E-state index contributed by atoms with van der Waals surface area (Å²) in [6.07, 6.45) is 1.52. The highest BCUT2D eigenvalue weighted by molar-refractivity contribution is 9.10. The lowest BCUT2D eigenvalue weighted by Gasteiger charge is -2.32. The van der Waals surface area contributed by atoms with Crippen LogP contribution < -0.4 is 0 Å². The molecule has 1 aliphatic heterocycles. The third kappa shape index (κ3) is 4.57. The molecule has 35 heavy (non-hydrogen) atoms. The maximum Gasteiger partial charge on any atom is 0.257 e. The fourth-order valence-electron chi connectivity index (χ4n) is 4.34. The number of aromatic nitrogens is 5. The van der Waals surface area contributed by atoms with E-state index in [0.717, 1.165) is 31.6 Å². The van der Waals surface area contributed by atoms with Crippen molar-refractivity contribution in [3.05, 3.63) is 85.8 Å². The largest absolute Gasteiger partial charge is 0.368 e. The van der Waals surface area contributed by atoms with Crippen LogP contribution in [0.4, 0.5) is 0 Å². The molecule has 4 aromatic rings. The first-order chi connectivity index (χ1) is 16.8. The normalized spacial score (nSPS) is 16.0. The van der Waals surface area contributed by atoms with Gasteiger partial charge in [-0.3, -0.25) is 4.79 Å². The lowest BCUT2D eigenvalue weighted by molar-refractivity contribution is -0.0248. The Morgan fingerprint density at radius 1 is 1.09 bits per heavy atom. The van der Waals surface area contributed by atoms with Gasteiger partial charge in [0, 0.05) is 15.5 Å². The van der Waals surface area contributed by atoms with Crippen molar-refractivity contribution in [1.29, 1.82) is 0 Å². The minimum atomic E-state index is -0.351. The molecule has 1 unspecified atom stereocenters. The van der Waals surface area contributed by atoms with Crippen LogP contribution in [0.1, 0.15) is 39.1 Å². The van der Waals surface area contributed by atoms with Gasteiger partial charge in [0.2, 0.25) is 0 Å². The fourth-order valence-corrected chi connectivity index (χ4v) is 4.96. The molecule has 1 fully saturated rings. The number of hydrogen-bond donors (Lipinski definition) is 0. The van der Waals surface area contributed by atoms with E-state index in [2.05, 4.69) is 47.3 Å². The summed E-state index contributed by atoms with van der Waals surface area (Å²) in [5.41, 5.74) is 5.76. The number of benzene rings is 2. The Morgan fingerprint density at radius 3 is 2.63 bits per heavy atom. The maximum absolute atomic E-state index is 13.6. The third-order valence-corrected chi connectivity index (χ3v) is 7.64. The number of morpholine rings is 1. The molecule has 0 spiro atoms. The van der Waals surface area contributed by atoms with Crippen molar-refractivity contribution < 1.29 is 9.53 Å². The number of carbonyl (C=O) groups excluding carboxylic acids is 1. The van der Waals surface area contributed by atoms with Crippen molar-refractivity contribution >= 4 is 37.8 Å². The van der Waals surface area contributed by atoms with Gasteiger partial charge < -0.3 is 9.64 Å². The molecule has 5 rings (SSSR count). The van der Waals surface area contributed by atoms with Gasteiger partial charge in [-0.1, -0.05) is 43.1 Å². The minimum absolute atomic E-state index is 0.0492. The van der Waals surface area contributed by atoms with E-state index < -0.39 is 0 Å². The molecule has 1 atom stereocenters. The van der Waals surface area contributed by atoms with Gasteiger partial charge in [-0.2, -0.15) is 5.10 Å². The van der Waals surface area contributed by atoms with Gasteiger partial charge >= 0.3 is 0 Å². The smallest absolute Gasteiger partial charge is 0.257 e. The summed E-state index contributed by atoms with van der Waals surface area (Å²) < 4.78 is 11.5. The lowest BCUT2D eigenvalue weighted by Crippen LogP contribution is -2.42. The average Bonchev–Trinajstić information content (AvgIpc) is 3.46. The van der Waals surface area contributed by atoms with Crippen molar-refractivity contribution in [1.82, 2.24) is 29.7 Å². The van der Waals surface area contributed by atoms with E-state index in [-0.39, 0.29) is 12.0 Å². The predicted molar refractivity (Wildman–Crippen MR) is 139 cm³/mol. The highest BCUT2D eigenvalue weighted by Crippen LogP contribution is 2.27. The molecule has 10 heteroatoms. The maximum atomic E-state index is 13.6. The SMILES string of the molecule is Cc1nn(-c2ccc(Br)cc2)c(C)c1C(=O)N1CCOC(c2cn(-c3cccc(Br)c3C)nn2)C1. The Hall–Kier alpha value is -2.82. The van der Waals surface area contributed by atoms with Crippen LogP contribution in [0.3, 0.4) is 0 Å². The van der Waals surface area contributed by atoms with E-state index in [1.165, 1.54) is 0 Å². The van der Waals surface area contributed by atoms with Gasteiger partial charge in [0.15, 0.2) is 0 Å². The molecule has 2 aromatic heterocycles. The second-order valence-corrected chi connectivity index (χ2v) is 10.3. The van der Waals surface area contributed by atoms with Crippen LogP contribution in [-0.4, -0.2) is 55.3 Å². The summed E-state index contributed by atoms with van der Waals surface area (Å²) in [6, 6.07) is 13.8. The zero-order valence-corrected chi connectivity index (χ0v) is 22.7. The summed E-state index contributed by atoms with van der Waals surface area (Å²) in [5, 5.41) is 13.3. The van der Waals surface area contributed by atoms with Crippen molar-refractivity contribution in [3.8, 4) is 11.4 Å². The summed E-state index contributed by atoms with van der Waals surface area (Å²) in [5.74, 6) is -0.0492. The highest BCUT2D eigenvalue weighted by atomic mass is 79.9. The van der Waals surface area contributed by atoms with Crippen molar-refractivity contribution in [2.24, 2.45) is 0 Å². The van der Waals surface area contributed by atoms with Crippen LogP contribution in [0.2, 0.25) is 0 Å². The summed E-state index contributed by atoms with van der Waals surface area (Å²) in [7, 11) is 0. The van der Waals surface area contributed by atoms with Gasteiger partial charge in [0.1, 0.15) is 11.8 Å². The Balaban J connectivity index is 1.37. The molecule has 0 bridgehead atoms. The predicted octanol–water partition coefficient (Wildman–Crippen LogP) is 5.12. The molecule has 1 amide bonds. The Morgan fingerprint density at radius 2 is 1.86 bits per heavy atom. The number of hydrogen-bond acceptors (Lipinski definition) is 5. The first-order valence-corrected chi connectivity index (χ1v) is 12.8. The molecule has 0 N–H and O–H groups in total. The van der Waals surface area contributed by atoms with E-state index in [1.54, 1.807) is 4.68 Å². The summed E-state index contributed by atoms with van der Waals surface area (Å²) in [6.45, 7) is 7.17. The zero-order valence-electron chi connectivity index (χ0n) is 19.6. The van der Waals surface area contributed by atoms with E-state index in [0.29, 0.717) is 36.6 Å². The number of carbonyl (C=O) groups is 1. The summed E-state index contributed by atoms with van der Waals surface area (Å²) >= 11 is 7.03. The van der Waals surface area contributed by atoms with Crippen LogP contribution in [0.5, 0.6) is 0 Å².